The van der Waals surface area contributed by atoms with Crippen molar-refractivity contribution in [3.63, 3.8) is 0 Å². The van der Waals surface area contributed by atoms with Gasteiger partial charge in [-0.15, -0.1) is 16.4 Å². The van der Waals surface area contributed by atoms with E-state index < -0.39 is 0 Å². The van der Waals surface area contributed by atoms with Crippen LogP contribution in [0.4, 0.5) is 0 Å². The highest BCUT2D eigenvalue weighted by atomic mass is 32.1. The fraction of sp³-hybridized carbons (Fsp3) is 0.364. The van der Waals surface area contributed by atoms with Crippen LogP contribution >= 0.6 is 11.3 Å². The number of rotatable bonds is 5. The molecule has 0 N–H and O–H groups in total. The lowest BCUT2D eigenvalue weighted by molar-refractivity contribution is 0.0983. The highest BCUT2D eigenvalue weighted by Gasteiger charge is 2.13. The summed E-state index contributed by atoms with van der Waals surface area (Å²) in [5.74, 6) is 0.0842. The van der Waals surface area contributed by atoms with Gasteiger partial charge in [-0.1, -0.05) is 18.2 Å². The first-order valence-corrected chi connectivity index (χ1v) is 6.13. The molecule has 0 radical (unpaired) electrons. The molecular weight excluding hydrogens is 222 g/mol. The summed E-state index contributed by atoms with van der Waals surface area (Å²) in [6, 6.07) is 3.92. The Balaban J connectivity index is 2.11. The maximum Gasteiger partial charge on any atom is 0.187 e. The van der Waals surface area contributed by atoms with Crippen LogP contribution in [0.3, 0.4) is 0 Å². The summed E-state index contributed by atoms with van der Waals surface area (Å²) in [6.07, 6.45) is 2.93. The van der Waals surface area contributed by atoms with Crippen LogP contribution in [0.5, 0.6) is 0 Å². The molecule has 0 saturated carbocycles. The summed E-state index contributed by atoms with van der Waals surface area (Å²) in [7, 11) is 0. The molecule has 2 aromatic heterocycles. The van der Waals surface area contributed by atoms with Gasteiger partial charge in [-0.05, 0) is 17.9 Å². The Bertz CT molecular complexity index is 461. The first-order chi connectivity index (χ1) is 7.81. The molecule has 2 rings (SSSR count). The predicted molar refractivity (Wildman–Crippen MR) is 62.7 cm³/mol. The Morgan fingerprint density at radius 2 is 2.44 bits per heavy atom. The number of thiophene rings is 1. The normalized spacial score (nSPS) is 10.6. The van der Waals surface area contributed by atoms with Crippen molar-refractivity contribution in [3.05, 3.63) is 34.3 Å². The van der Waals surface area contributed by atoms with Crippen molar-refractivity contribution in [1.82, 2.24) is 15.0 Å². The van der Waals surface area contributed by atoms with Crippen molar-refractivity contribution in [2.24, 2.45) is 0 Å². The van der Waals surface area contributed by atoms with Crippen molar-refractivity contribution >= 4 is 17.1 Å². The molecule has 2 aromatic rings. The molecule has 0 bridgehead atoms. The molecule has 0 unspecified atom stereocenters. The SMILES string of the molecule is CCCn1nncc1C(=O)Cc1cccs1. The Morgan fingerprint density at radius 1 is 1.56 bits per heavy atom. The standard InChI is InChI=1S/C11H13N3OS/c1-2-5-14-10(8-12-13-14)11(15)7-9-4-3-6-16-9/h3-4,6,8H,2,5,7H2,1H3. The molecule has 0 aliphatic carbocycles. The Morgan fingerprint density at radius 3 is 3.12 bits per heavy atom. The van der Waals surface area contributed by atoms with E-state index in [1.54, 1.807) is 22.2 Å². The van der Waals surface area contributed by atoms with E-state index in [0.29, 0.717) is 12.1 Å². The molecule has 16 heavy (non-hydrogen) atoms. The maximum atomic E-state index is 12.0. The summed E-state index contributed by atoms with van der Waals surface area (Å²) in [6.45, 7) is 2.79. The van der Waals surface area contributed by atoms with Crippen molar-refractivity contribution in [1.29, 1.82) is 0 Å². The average Bonchev–Trinajstić information content (AvgIpc) is 2.89. The van der Waals surface area contributed by atoms with Crippen LogP contribution in [0.1, 0.15) is 28.7 Å². The molecule has 5 heteroatoms. The van der Waals surface area contributed by atoms with Gasteiger partial charge in [-0.3, -0.25) is 4.79 Å². The molecule has 0 aliphatic heterocycles. The number of aryl methyl sites for hydroxylation is 1. The lowest BCUT2D eigenvalue weighted by Crippen LogP contribution is -2.12. The van der Waals surface area contributed by atoms with E-state index in [0.717, 1.165) is 17.8 Å². The van der Waals surface area contributed by atoms with Crippen LogP contribution in [0, 0.1) is 0 Å². The quantitative estimate of drug-likeness (QED) is 0.746. The number of ketones is 1. The highest BCUT2D eigenvalue weighted by Crippen LogP contribution is 2.12. The molecule has 0 atom stereocenters. The van der Waals surface area contributed by atoms with Crippen molar-refractivity contribution in [2.75, 3.05) is 0 Å². The van der Waals surface area contributed by atoms with Gasteiger partial charge in [0.15, 0.2) is 5.78 Å². The van der Waals surface area contributed by atoms with Gasteiger partial charge in [0.1, 0.15) is 5.69 Å². The van der Waals surface area contributed by atoms with E-state index >= 15 is 0 Å². The van der Waals surface area contributed by atoms with E-state index in [9.17, 15) is 4.79 Å². The van der Waals surface area contributed by atoms with E-state index in [2.05, 4.69) is 17.2 Å². The first kappa shape index (κ1) is 11.0. The molecule has 84 valence electrons. The van der Waals surface area contributed by atoms with Crippen molar-refractivity contribution in [2.45, 2.75) is 26.3 Å². The summed E-state index contributed by atoms with van der Waals surface area (Å²) >= 11 is 1.60. The highest BCUT2D eigenvalue weighted by molar-refractivity contribution is 7.10. The second-order valence-corrected chi connectivity index (χ2v) is 4.55. The monoisotopic (exact) mass is 235 g/mol. The second kappa shape index (κ2) is 5.03. The van der Waals surface area contributed by atoms with E-state index in [-0.39, 0.29) is 5.78 Å². The van der Waals surface area contributed by atoms with Crippen LogP contribution in [-0.2, 0) is 13.0 Å². The molecule has 0 fully saturated rings. The van der Waals surface area contributed by atoms with Crippen LogP contribution in [-0.4, -0.2) is 20.8 Å². The topological polar surface area (TPSA) is 47.8 Å². The third-order valence-electron chi connectivity index (χ3n) is 2.25. The minimum absolute atomic E-state index is 0.0842. The Hall–Kier alpha value is -1.49. The number of hydrogen-bond acceptors (Lipinski definition) is 4. The zero-order chi connectivity index (χ0) is 11.4. The molecule has 0 aliphatic rings. The summed E-state index contributed by atoms with van der Waals surface area (Å²) in [5, 5.41) is 9.67. The minimum atomic E-state index is 0.0842. The van der Waals surface area contributed by atoms with Gasteiger partial charge in [0, 0.05) is 17.8 Å². The van der Waals surface area contributed by atoms with Gasteiger partial charge in [-0.2, -0.15) is 0 Å². The van der Waals surface area contributed by atoms with Gasteiger partial charge >= 0.3 is 0 Å². The number of hydrogen-bond donors (Lipinski definition) is 0. The van der Waals surface area contributed by atoms with Gasteiger partial charge < -0.3 is 0 Å². The smallest absolute Gasteiger partial charge is 0.187 e. The molecule has 0 saturated heterocycles. The lowest BCUT2D eigenvalue weighted by atomic mass is 10.2. The lowest BCUT2D eigenvalue weighted by Gasteiger charge is -2.02. The van der Waals surface area contributed by atoms with Crippen LogP contribution in [0.25, 0.3) is 0 Å². The van der Waals surface area contributed by atoms with Gasteiger partial charge in [-0.25, -0.2) is 4.68 Å². The number of aromatic nitrogens is 3. The van der Waals surface area contributed by atoms with Crippen LogP contribution < -0.4 is 0 Å². The molecule has 4 nitrogen and oxygen atoms in total. The van der Waals surface area contributed by atoms with Gasteiger partial charge in [0.25, 0.3) is 0 Å². The minimum Gasteiger partial charge on any atom is -0.292 e. The summed E-state index contributed by atoms with van der Waals surface area (Å²) in [4.78, 5) is 13.1. The largest absolute Gasteiger partial charge is 0.292 e. The van der Waals surface area contributed by atoms with Gasteiger partial charge in [0.2, 0.25) is 0 Å². The summed E-state index contributed by atoms with van der Waals surface area (Å²) < 4.78 is 1.68. The average molecular weight is 235 g/mol. The van der Waals surface area contributed by atoms with Crippen molar-refractivity contribution < 1.29 is 4.79 Å². The summed E-state index contributed by atoms with van der Waals surface area (Å²) in [5.41, 5.74) is 0.607. The number of nitrogens with zero attached hydrogens (tertiary/aromatic N) is 3. The zero-order valence-corrected chi connectivity index (χ0v) is 9.91. The molecule has 0 amide bonds. The van der Waals surface area contributed by atoms with Crippen LogP contribution in [0.15, 0.2) is 23.7 Å². The molecule has 2 heterocycles. The number of carbonyl (C=O) groups excluding carboxylic acids is 1. The van der Waals surface area contributed by atoms with E-state index in [1.165, 1.54) is 0 Å². The molecule has 0 spiro atoms. The van der Waals surface area contributed by atoms with E-state index in [1.807, 2.05) is 17.5 Å². The van der Waals surface area contributed by atoms with Gasteiger partial charge in [0.05, 0.1) is 6.20 Å². The fourth-order valence-corrected chi connectivity index (χ4v) is 2.22. The third-order valence-corrected chi connectivity index (χ3v) is 3.13. The predicted octanol–water partition coefficient (Wildman–Crippen LogP) is 2.17. The second-order valence-electron chi connectivity index (χ2n) is 3.52. The third kappa shape index (κ3) is 2.36. The number of Topliss-reactive ketones (excluding diaryl/α,β-unsaturated/α-hetero) is 1. The first-order valence-electron chi connectivity index (χ1n) is 5.25. The Labute approximate surface area is 97.9 Å². The molecule has 0 aromatic carbocycles. The fourth-order valence-electron chi connectivity index (χ4n) is 1.51. The number of carbonyl (C=O) groups is 1. The van der Waals surface area contributed by atoms with Crippen molar-refractivity contribution in [3.8, 4) is 0 Å². The van der Waals surface area contributed by atoms with Crippen LogP contribution in [0.2, 0.25) is 0 Å². The molecular formula is C11H13N3OS. The maximum absolute atomic E-state index is 12.0. The zero-order valence-electron chi connectivity index (χ0n) is 9.09. The van der Waals surface area contributed by atoms with E-state index in [4.69, 9.17) is 0 Å². The Kier molecular flexibility index (Phi) is 3.46.